The van der Waals surface area contributed by atoms with Gasteiger partial charge in [-0.15, -0.1) is 0 Å². The molecule has 3 N–H and O–H groups in total. The number of hydrogen-bond acceptors (Lipinski definition) is 7. The number of carbonyl (C=O) groups excluding carboxylic acids is 1. The first-order chi connectivity index (χ1) is 27.2. The molecule has 4 aliphatic rings. The number of carboxylic acids is 1. The van der Waals surface area contributed by atoms with Crippen molar-refractivity contribution in [2.24, 2.45) is 5.73 Å². The monoisotopic (exact) mass is 826 g/mol. The minimum atomic E-state index is -5.08. The topological polar surface area (TPSA) is 133 Å². The lowest BCUT2D eigenvalue weighted by Gasteiger charge is -2.45. The molecule has 1 amide bonds. The molecule has 4 aromatic rings. The number of halogens is 4. The van der Waals surface area contributed by atoms with Gasteiger partial charge in [-0.05, 0) is 115 Å². The highest BCUT2D eigenvalue weighted by Gasteiger charge is 2.48. The molecule has 2 bridgehead atoms. The number of hydrogen-bond donors (Lipinski definition) is 2. The van der Waals surface area contributed by atoms with Crippen LogP contribution in [-0.2, 0) is 26.2 Å². The van der Waals surface area contributed by atoms with Gasteiger partial charge in [0.15, 0.2) is 0 Å². The largest absolute Gasteiger partial charge is 0.490 e. The van der Waals surface area contributed by atoms with Gasteiger partial charge in [-0.1, -0.05) is 60.1 Å². The molecule has 1 aliphatic carbocycles. The Morgan fingerprint density at radius 2 is 1.40 bits per heavy atom. The van der Waals surface area contributed by atoms with E-state index in [2.05, 4.69) is 29.2 Å². The zero-order valence-corrected chi connectivity index (χ0v) is 32.9. The summed E-state index contributed by atoms with van der Waals surface area (Å²) in [5.41, 5.74) is 9.66. The van der Waals surface area contributed by atoms with Crippen LogP contribution in [0.4, 0.5) is 13.2 Å². The van der Waals surface area contributed by atoms with Gasteiger partial charge in [0.1, 0.15) is 11.8 Å². The standard InChI is InChI=1S/C40H45ClN4O4S.C2HF3O2/c41-32-13-9-29(10-14-32)28-7-5-27(6-8-28)25-43-19-20-44(39(26-43)40(46)45-34-15-16-35(45)24-33(42)23-34)50(47,48)38-18-12-30-21-37(17-11-31(30)22-38)49-36-3-1-2-4-36;3-2(4,5)1(6)7/h5-14,17-18,21-22,33-36,39H,1-4,15-16,19-20,23-26,42H2;(H,6,7). The van der Waals surface area contributed by atoms with Crippen LogP contribution >= 0.6 is 11.6 Å². The first kappa shape index (κ1) is 41.0. The number of piperazine rings is 1. The van der Waals surface area contributed by atoms with Gasteiger partial charge < -0.3 is 20.5 Å². The van der Waals surface area contributed by atoms with Crippen LogP contribution in [0.15, 0.2) is 89.8 Å². The van der Waals surface area contributed by atoms with Crippen molar-refractivity contribution in [2.45, 2.75) is 99.3 Å². The second kappa shape index (κ2) is 16.9. The Kier molecular flexibility index (Phi) is 12.2. The minimum absolute atomic E-state index is 0.0675. The molecular weight excluding hydrogens is 781 g/mol. The average molecular weight is 827 g/mol. The molecule has 1 saturated carbocycles. The van der Waals surface area contributed by atoms with E-state index in [9.17, 15) is 26.4 Å². The molecule has 3 aliphatic heterocycles. The number of rotatable bonds is 8. The minimum Gasteiger partial charge on any atom is -0.490 e. The van der Waals surface area contributed by atoms with Gasteiger partial charge in [-0.3, -0.25) is 9.69 Å². The van der Waals surface area contributed by atoms with E-state index in [1.807, 2.05) is 53.4 Å². The number of ether oxygens (including phenoxy) is 1. The number of benzene rings is 4. The van der Waals surface area contributed by atoms with E-state index in [0.717, 1.165) is 71.7 Å². The quantitative estimate of drug-likeness (QED) is 0.187. The molecule has 3 unspecified atom stereocenters. The summed E-state index contributed by atoms with van der Waals surface area (Å²) in [6.45, 7) is 1.71. The third kappa shape index (κ3) is 9.41. The molecule has 0 aromatic heterocycles. The van der Waals surface area contributed by atoms with Crippen LogP contribution in [-0.4, -0.2) is 95.6 Å². The Morgan fingerprint density at radius 3 is 2.02 bits per heavy atom. The van der Waals surface area contributed by atoms with Crippen LogP contribution in [0.3, 0.4) is 0 Å². The molecule has 10 nitrogen and oxygen atoms in total. The number of sulfonamides is 1. The third-order valence-corrected chi connectivity index (χ3v) is 13.7. The predicted molar refractivity (Wildman–Crippen MR) is 211 cm³/mol. The van der Waals surface area contributed by atoms with Gasteiger partial charge in [0, 0.05) is 49.3 Å². The van der Waals surface area contributed by atoms with E-state index in [1.165, 1.54) is 17.1 Å². The molecule has 4 aromatic carbocycles. The zero-order chi connectivity index (χ0) is 40.5. The fourth-order valence-electron chi connectivity index (χ4n) is 8.68. The summed E-state index contributed by atoms with van der Waals surface area (Å²) in [7, 11) is -3.98. The molecular formula is C42H46ClF3N4O6S. The van der Waals surface area contributed by atoms with Crippen molar-refractivity contribution < 1.29 is 41.0 Å². The van der Waals surface area contributed by atoms with E-state index in [0.29, 0.717) is 24.7 Å². The van der Waals surface area contributed by atoms with Crippen LogP contribution in [0.2, 0.25) is 5.02 Å². The summed E-state index contributed by atoms with van der Waals surface area (Å²) in [4.78, 5) is 27.9. The van der Waals surface area contributed by atoms with Crippen molar-refractivity contribution in [3.63, 3.8) is 0 Å². The molecule has 304 valence electrons. The van der Waals surface area contributed by atoms with E-state index in [-0.39, 0.29) is 41.6 Å². The second-order valence-corrected chi connectivity index (χ2v) is 17.8. The van der Waals surface area contributed by atoms with Gasteiger partial charge in [0.05, 0.1) is 11.0 Å². The summed E-state index contributed by atoms with van der Waals surface area (Å²) in [6, 6.07) is 26.7. The van der Waals surface area contributed by atoms with E-state index in [4.69, 9.17) is 32.0 Å². The van der Waals surface area contributed by atoms with E-state index >= 15 is 0 Å². The molecule has 3 saturated heterocycles. The number of carboxylic acid groups (broad SMARTS) is 1. The van der Waals surface area contributed by atoms with Crippen LogP contribution in [0.1, 0.15) is 56.9 Å². The third-order valence-electron chi connectivity index (χ3n) is 11.5. The lowest BCUT2D eigenvalue weighted by Crippen LogP contribution is -2.63. The Hall–Kier alpha value is -4.21. The number of nitrogens with two attached hydrogens (primary N) is 1. The first-order valence-corrected chi connectivity index (χ1v) is 21.1. The van der Waals surface area contributed by atoms with Crippen molar-refractivity contribution in [3.8, 4) is 16.9 Å². The molecule has 57 heavy (non-hydrogen) atoms. The van der Waals surface area contributed by atoms with Gasteiger partial charge in [0.2, 0.25) is 15.9 Å². The zero-order valence-electron chi connectivity index (χ0n) is 31.3. The SMILES string of the molecule is NC1CC2CCC(C1)N2C(=O)C1CN(Cc2ccc(-c3ccc(Cl)cc3)cc2)CCN1S(=O)(=O)c1ccc2cc(OC3CCCC3)ccc2c1.O=C(O)C(F)(F)F. The first-order valence-electron chi connectivity index (χ1n) is 19.3. The number of piperidine rings is 1. The highest BCUT2D eigenvalue weighted by molar-refractivity contribution is 7.89. The van der Waals surface area contributed by atoms with Crippen molar-refractivity contribution in [3.05, 3.63) is 95.5 Å². The van der Waals surface area contributed by atoms with Crippen molar-refractivity contribution in [2.75, 3.05) is 19.6 Å². The van der Waals surface area contributed by atoms with Crippen LogP contribution < -0.4 is 10.5 Å². The number of carbonyl (C=O) groups is 2. The van der Waals surface area contributed by atoms with Crippen molar-refractivity contribution in [1.82, 2.24) is 14.1 Å². The van der Waals surface area contributed by atoms with Crippen molar-refractivity contribution >= 4 is 44.3 Å². The normalized spacial score (nSPS) is 23.3. The average Bonchev–Trinajstić information content (AvgIpc) is 3.79. The van der Waals surface area contributed by atoms with E-state index in [1.54, 1.807) is 12.1 Å². The molecule has 3 heterocycles. The lowest BCUT2D eigenvalue weighted by molar-refractivity contribution is -0.192. The highest BCUT2D eigenvalue weighted by Crippen LogP contribution is 2.37. The van der Waals surface area contributed by atoms with Crippen LogP contribution in [0.5, 0.6) is 5.75 Å². The maximum atomic E-state index is 14.6. The maximum Gasteiger partial charge on any atom is 0.490 e. The summed E-state index contributed by atoms with van der Waals surface area (Å²) < 4.78 is 68.4. The number of aliphatic carboxylic acids is 1. The maximum absolute atomic E-state index is 14.6. The van der Waals surface area contributed by atoms with Crippen LogP contribution in [0.25, 0.3) is 21.9 Å². The molecule has 0 spiro atoms. The highest BCUT2D eigenvalue weighted by atomic mass is 35.5. The van der Waals surface area contributed by atoms with Crippen LogP contribution in [0, 0.1) is 0 Å². The van der Waals surface area contributed by atoms with Crippen molar-refractivity contribution in [1.29, 1.82) is 0 Å². The molecule has 3 atom stereocenters. The lowest BCUT2D eigenvalue weighted by atomic mass is 9.97. The molecule has 15 heteroatoms. The fraction of sp³-hybridized carbons (Fsp3) is 0.429. The second-order valence-electron chi connectivity index (χ2n) is 15.4. The summed E-state index contributed by atoms with van der Waals surface area (Å²) in [5, 5.41) is 9.59. The fourth-order valence-corrected chi connectivity index (χ4v) is 10.4. The number of alkyl halides is 3. The molecule has 8 rings (SSSR count). The Balaban J connectivity index is 0.000000651. The number of amides is 1. The number of fused-ring (bicyclic) bond motifs is 3. The molecule has 4 fully saturated rings. The smallest absolute Gasteiger partial charge is 0.490 e. The van der Waals surface area contributed by atoms with Gasteiger partial charge >= 0.3 is 12.1 Å². The Bertz CT molecular complexity index is 2170. The number of nitrogens with zero attached hydrogens (tertiary/aromatic N) is 3. The molecule has 0 radical (unpaired) electrons. The summed E-state index contributed by atoms with van der Waals surface area (Å²) in [5.74, 6) is -2.03. The summed E-state index contributed by atoms with van der Waals surface area (Å²) in [6.07, 6.45) is 3.08. The Labute approximate surface area is 335 Å². The Morgan fingerprint density at radius 1 is 0.825 bits per heavy atom. The van der Waals surface area contributed by atoms with Gasteiger partial charge in [0.25, 0.3) is 0 Å². The summed E-state index contributed by atoms with van der Waals surface area (Å²) >= 11 is 6.08. The van der Waals surface area contributed by atoms with Gasteiger partial charge in [-0.2, -0.15) is 17.5 Å². The van der Waals surface area contributed by atoms with E-state index < -0.39 is 28.2 Å². The van der Waals surface area contributed by atoms with Gasteiger partial charge in [-0.25, -0.2) is 13.2 Å². The predicted octanol–water partition coefficient (Wildman–Crippen LogP) is 7.47.